The molecule has 0 unspecified atom stereocenters. The highest BCUT2D eigenvalue weighted by Gasteiger charge is 2.42. The van der Waals surface area contributed by atoms with Crippen LogP contribution < -0.4 is 4.90 Å². The van der Waals surface area contributed by atoms with Gasteiger partial charge in [0.1, 0.15) is 5.70 Å². The molecule has 7 heteroatoms. The van der Waals surface area contributed by atoms with Gasteiger partial charge in [-0.25, -0.2) is 4.90 Å². The highest BCUT2D eigenvalue weighted by molar-refractivity contribution is 6.45. The molecule has 34 heavy (non-hydrogen) atoms. The van der Waals surface area contributed by atoms with Crippen LogP contribution in [0.4, 0.5) is 11.4 Å². The molecular formula is C27H25N3O4. The van der Waals surface area contributed by atoms with E-state index in [2.05, 4.69) is 0 Å². The van der Waals surface area contributed by atoms with Crippen molar-refractivity contribution in [2.45, 2.75) is 27.3 Å². The molecule has 172 valence electrons. The predicted octanol–water partition coefficient (Wildman–Crippen LogP) is 5.02. The van der Waals surface area contributed by atoms with E-state index in [4.69, 9.17) is 0 Å². The zero-order valence-electron chi connectivity index (χ0n) is 19.3. The number of anilines is 1. The van der Waals surface area contributed by atoms with Crippen molar-refractivity contribution in [2.75, 3.05) is 11.4 Å². The first kappa shape index (κ1) is 22.9. The Morgan fingerprint density at radius 3 is 2.06 bits per heavy atom. The van der Waals surface area contributed by atoms with Gasteiger partial charge in [0.15, 0.2) is 0 Å². The molecule has 0 fully saturated rings. The smallest absolute Gasteiger partial charge is 0.282 e. The maximum absolute atomic E-state index is 13.8. The Morgan fingerprint density at radius 2 is 1.50 bits per heavy atom. The SMILES string of the molecule is CCN(Cc1ccccc1)C1=C(c2ccc([N+](=O)[O-])cc2)C(=O)N(c2cc(C)cc(C)c2)C1=O. The third-order valence-electron chi connectivity index (χ3n) is 5.81. The molecule has 0 saturated carbocycles. The van der Waals surface area contributed by atoms with Crippen molar-refractivity contribution < 1.29 is 14.5 Å². The molecule has 0 bridgehead atoms. The van der Waals surface area contributed by atoms with Crippen molar-refractivity contribution in [1.82, 2.24) is 4.90 Å². The van der Waals surface area contributed by atoms with Gasteiger partial charge in [-0.2, -0.15) is 0 Å². The van der Waals surface area contributed by atoms with Crippen molar-refractivity contribution in [3.05, 3.63) is 111 Å². The van der Waals surface area contributed by atoms with E-state index in [9.17, 15) is 19.7 Å². The lowest BCUT2D eigenvalue weighted by Gasteiger charge is -2.25. The molecule has 1 aliphatic heterocycles. The van der Waals surface area contributed by atoms with Gasteiger partial charge < -0.3 is 4.90 Å². The number of nitro groups is 1. The van der Waals surface area contributed by atoms with Gasteiger partial charge in [0.05, 0.1) is 16.2 Å². The van der Waals surface area contributed by atoms with Crippen LogP contribution in [0, 0.1) is 24.0 Å². The summed E-state index contributed by atoms with van der Waals surface area (Å²) in [6, 6.07) is 21.1. The molecule has 3 aromatic carbocycles. The fraction of sp³-hybridized carbons (Fsp3) is 0.185. The minimum absolute atomic E-state index is 0.0783. The molecule has 1 heterocycles. The van der Waals surface area contributed by atoms with Crippen molar-refractivity contribution in [3.63, 3.8) is 0 Å². The lowest BCUT2D eigenvalue weighted by atomic mass is 10.0. The van der Waals surface area contributed by atoms with Gasteiger partial charge in [0.25, 0.3) is 17.5 Å². The van der Waals surface area contributed by atoms with Gasteiger partial charge in [0, 0.05) is 25.2 Å². The Hall–Kier alpha value is -4.26. The van der Waals surface area contributed by atoms with Crippen LogP contribution in [0.3, 0.4) is 0 Å². The summed E-state index contributed by atoms with van der Waals surface area (Å²) in [5.41, 5.74) is 4.34. The van der Waals surface area contributed by atoms with Gasteiger partial charge in [-0.1, -0.05) is 36.4 Å². The number of amides is 2. The molecular weight excluding hydrogens is 430 g/mol. The number of hydrogen-bond donors (Lipinski definition) is 0. The number of hydrogen-bond acceptors (Lipinski definition) is 5. The molecule has 0 spiro atoms. The van der Waals surface area contributed by atoms with Crippen LogP contribution in [0.25, 0.3) is 5.57 Å². The molecule has 1 aliphatic rings. The molecule has 2 amide bonds. The van der Waals surface area contributed by atoms with Crippen molar-refractivity contribution in [1.29, 1.82) is 0 Å². The van der Waals surface area contributed by atoms with Crippen LogP contribution in [0.15, 0.2) is 78.5 Å². The average molecular weight is 456 g/mol. The first-order valence-corrected chi connectivity index (χ1v) is 11.0. The standard InChI is InChI=1S/C27H25N3O4/c1-4-28(17-20-8-6-5-7-9-20)25-24(21-10-12-22(13-11-21)30(33)34)26(31)29(27(25)32)23-15-18(2)14-19(3)16-23/h5-16H,4,17H2,1-3H3. The van der Waals surface area contributed by atoms with E-state index >= 15 is 0 Å². The number of benzene rings is 3. The second-order valence-electron chi connectivity index (χ2n) is 8.32. The molecule has 0 saturated heterocycles. The van der Waals surface area contributed by atoms with Gasteiger partial charge in [-0.05, 0) is 67.3 Å². The quantitative estimate of drug-likeness (QED) is 0.284. The van der Waals surface area contributed by atoms with E-state index in [-0.39, 0.29) is 11.3 Å². The third-order valence-corrected chi connectivity index (χ3v) is 5.81. The van der Waals surface area contributed by atoms with Gasteiger partial charge >= 0.3 is 0 Å². The second kappa shape index (κ2) is 9.31. The number of carbonyl (C=O) groups excluding carboxylic acids is 2. The van der Waals surface area contributed by atoms with Crippen molar-refractivity contribution in [2.24, 2.45) is 0 Å². The second-order valence-corrected chi connectivity index (χ2v) is 8.32. The lowest BCUT2D eigenvalue weighted by molar-refractivity contribution is -0.384. The first-order valence-electron chi connectivity index (χ1n) is 11.0. The average Bonchev–Trinajstić information content (AvgIpc) is 3.07. The maximum atomic E-state index is 13.8. The Labute approximate surface area is 198 Å². The van der Waals surface area contributed by atoms with E-state index in [0.717, 1.165) is 16.7 Å². The Kier molecular flexibility index (Phi) is 6.27. The molecule has 3 aromatic rings. The molecule has 7 nitrogen and oxygen atoms in total. The number of carbonyl (C=O) groups is 2. The van der Waals surface area contributed by atoms with E-state index in [1.165, 1.54) is 29.2 Å². The van der Waals surface area contributed by atoms with Crippen LogP contribution in [0.5, 0.6) is 0 Å². The zero-order chi connectivity index (χ0) is 24.4. The Balaban J connectivity index is 1.85. The van der Waals surface area contributed by atoms with Gasteiger partial charge in [-0.15, -0.1) is 0 Å². The van der Waals surface area contributed by atoms with Crippen LogP contribution in [-0.4, -0.2) is 28.2 Å². The third kappa shape index (κ3) is 4.32. The maximum Gasteiger partial charge on any atom is 0.282 e. The summed E-state index contributed by atoms with van der Waals surface area (Å²) < 4.78 is 0. The molecule has 0 N–H and O–H groups in total. The van der Waals surface area contributed by atoms with Crippen molar-refractivity contribution in [3.8, 4) is 0 Å². The van der Waals surface area contributed by atoms with E-state index in [0.29, 0.717) is 30.0 Å². The highest BCUT2D eigenvalue weighted by atomic mass is 16.6. The number of rotatable bonds is 7. The Bertz CT molecular complexity index is 1280. The number of non-ortho nitro benzene ring substituents is 1. The molecule has 0 aromatic heterocycles. The largest absolute Gasteiger partial charge is 0.362 e. The van der Waals surface area contributed by atoms with Crippen LogP contribution in [-0.2, 0) is 16.1 Å². The van der Waals surface area contributed by atoms with E-state index in [1.807, 2.05) is 74.2 Å². The summed E-state index contributed by atoms with van der Waals surface area (Å²) in [4.78, 5) is 41.2. The summed E-state index contributed by atoms with van der Waals surface area (Å²) in [5, 5.41) is 11.1. The normalized spacial score (nSPS) is 13.6. The summed E-state index contributed by atoms with van der Waals surface area (Å²) in [7, 11) is 0. The lowest BCUT2D eigenvalue weighted by Crippen LogP contribution is -2.35. The number of nitrogens with zero attached hydrogens (tertiary/aromatic N) is 3. The van der Waals surface area contributed by atoms with E-state index < -0.39 is 16.7 Å². The zero-order valence-corrected chi connectivity index (χ0v) is 19.3. The Morgan fingerprint density at radius 1 is 0.882 bits per heavy atom. The number of imide groups is 1. The highest BCUT2D eigenvalue weighted by Crippen LogP contribution is 2.36. The molecule has 0 atom stereocenters. The van der Waals surface area contributed by atoms with Gasteiger partial charge in [-0.3, -0.25) is 19.7 Å². The van der Waals surface area contributed by atoms with E-state index in [1.54, 1.807) is 0 Å². The van der Waals surface area contributed by atoms with Crippen molar-refractivity contribution >= 4 is 28.8 Å². The minimum atomic E-state index is -0.490. The fourth-order valence-electron chi connectivity index (χ4n) is 4.29. The fourth-order valence-corrected chi connectivity index (χ4v) is 4.29. The van der Waals surface area contributed by atoms with Crippen LogP contribution in [0.1, 0.15) is 29.2 Å². The predicted molar refractivity (Wildman–Crippen MR) is 131 cm³/mol. The monoisotopic (exact) mass is 455 g/mol. The number of aryl methyl sites for hydroxylation is 2. The number of nitro benzene ring substituents is 1. The summed E-state index contributed by atoms with van der Waals surface area (Å²) >= 11 is 0. The number of likely N-dealkylation sites (N-methyl/N-ethyl adjacent to an activating group) is 1. The molecule has 0 radical (unpaired) electrons. The van der Waals surface area contributed by atoms with Crippen LogP contribution >= 0.6 is 0 Å². The van der Waals surface area contributed by atoms with Crippen LogP contribution in [0.2, 0.25) is 0 Å². The summed E-state index contributed by atoms with van der Waals surface area (Å²) in [6.07, 6.45) is 0. The summed E-state index contributed by atoms with van der Waals surface area (Å²) in [6.45, 7) is 6.71. The topological polar surface area (TPSA) is 83.8 Å². The molecule has 0 aliphatic carbocycles. The van der Waals surface area contributed by atoms with Gasteiger partial charge in [0.2, 0.25) is 0 Å². The first-order chi connectivity index (χ1) is 16.3. The molecule has 4 rings (SSSR count). The summed E-state index contributed by atoms with van der Waals surface area (Å²) in [5.74, 6) is -0.841. The minimum Gasteiger partial charge on any atom is -0.362 e.